The van der Waals surface area contributed by atoms with Crippen molar-refractivity contribution in [2.75, 3.05) is 32.1 Å². The van der Waals surface area contributed by atoms with Crippen molar-refractivity contribution in [2.24, 2.45) is 4.99 Å². The Bertz CT molecular complexity index is 721. The summed E-state index contributed by atoms with van der Waals surface area (Å²) in [6, 6.07) is 5.76. The van der Waals surface area contributed by atoms with Crippen LogP contribution < -0.4 is 20.1 Å². The third kappa shape index (κ3) is 7.53. The first-order valence-electron chi connectivity index (χ1n) is 8.99. The Balaban J connectivity index is 0.00000364. The van der Waals surface area contributed by atoms with Crippen molar-refractivity contribution < 1.29 is 9.47 Å². The van der Waals surface area contributed by atoms with Crippen LogP contribution >= 0.6 is 35.3 Å². The van der Waals surface area contributed by atoms with Crippen LogP contribution in [0.4, 0.5) is 5.69 Å². The first-order chi connectivity index (χ1) is 12.7. The molecule has 1 heterocycles. The summed E-state index contributed by atoms with van der Waals surface area (Å²) in [6.45, 7) is 8.21. The van der Waals surface area contributed by atoms with Crippen molar-refractivity contribution in [1.82, 2.24) is 10.3 Å². The van der Waals surface area contributed by atoms with Gasteiger partial charge in [-0.1, -0.05) is 6.92 Å². The van der Waals surface area contributed by atoms with E-state index in [2.05, 4.69) is 27.5 Å². The number of nitrogens with one attached hydrogen (secondary N) is 2. The molecule has 0 unspecified atom stereocenters. The highest BCUT2D eigenvalue weighted by molar-refractivity contribution is 14.0. The Hall–Kier alpha value is -1.55. The first kappa shape index (κ1) is 23.5. The predicted molar refractivity (Wildman–Crippen MR) is 124 cm³/mol. The Morgan fingerprint density at radius 3 is 2.67 bits per heavy atom. The van der Waals surface area contributed by atoms with E-state index in [0.717, 1.165) is 41.8 Å². The van der Waals surface area contributed by atoms with Crippen LogP contribution in [-0.2, 0) is 12.8 Å². The minimum absolute atomic E-state index is 0. The van der Waals surface area contributed by atoms with E-state index in [-0.39, 0.29) is 24.0 Å². The van der Waals surface area contributed by atoms with E-state index in [1.807, 2.05) is 38.2 Å². The number of guanidine groups is 1. The summed E-state index contributed by atoms with van der Waals surface area (Å²) in [5.74, 6) is 2.17. The minimum Gasteiger partial charge on any atom is -0.493 e. The lowest BCUT2D eigenvalue weighted by atomic mass is 10.2. The average molecular weight is 504 g/mol. The van der Waals surface area contributed by atoms with E-state index >= 15 is 0 Å². The Morgan fingerprint density at radius 1 is 1.22 bits per heavy atom. The van der Waals surface area contributed by atoms with Gasteiger partial charge in [0.15, 0.2) is 17.5 Å². The number of anilines is 1. The van der Waals surface area contributed by atoms with Crippen LogP contribution in [0.1, 0.15) is 30.7 Å². The molecule has 2 N–H and O–H groups in total. The molecule has 0 aliphatic rings. The molecule has 0 spiro atoms. The fraction of sp³-hybridized carbons (Fsp3) is 0.474. The van der Waals surface area contributed by atoms with E-state index < -0.39 is 0 Å². The summed E-state index contributed by atoms with van der Waals surface area (Å²) in [6.07, 6.45) is 3.83. The van der Waals surface area contributed by atoms with Gasteiger partial charge in [0.1, 0.15) is 0 Å². The zero-order chi connectivity index (χ0) is 18.8. The third-order valence-corrected chi connectivity index (χ3v) is 4.82. The number of benzene rings is 1. The topological polar surface area (TPSA) is 67.8 Å². The van der Waals surface area contributed by atoms with Gasteiger partial charge in [-0.15, -0.1) is 35.3 Å². The molecule has 2 rings (SSSR count). The first-order valence-corrected chi connectivity index (χ1v) is 9.81. The van der Waals surface area contributed by atoms with E-state index in [9.17, 15) is 0 Å². The van der Waals surface area contributed by atoms with Crippen molar-refractivity contribution in [1.29, 1.82) is 0 Å². The largest absolute Gasteiger partial charge is 0.493 e. The van der Waals surface area contributed by atoms with Crippen LogP contribution in [0.15, 0.2) is 29.4 Å². The molecule has 0 saturated heterocycles. The molecule has 0 amide bonds. The number of methoxy groups -OCH3 is 1. The average Bonchev–Trinajstić information content (AvgIpc) is 3.11. The standard InChI is InChI=1S/C19H28N4O2S.HI/c1-5-15-13-22-18(26-15)10-11-21-19(20-6-2)23-14-8-9-16(25-7-3)17(12-14)24-4;/h8-9,12-13H,5-7,10-11H2,1-4H3,(H2,20,21,23);1H. The fourth-order valence-electron chi connectivity index (χ4n) is 2.35. The molecule has 0 aliphatic carbocycles. The molecule has 0 fully saturated rings. The minimum atomic E-state index is 0. The molecule has 0 bridgehead atoms. The van der Waals surface area contributed by atoms with Crippen LogP contribution in [-0.4, -0.2) is 37.7 Å². The second-order valence-corrected chi connectivity index (χ2v) is 6.71. The highest BCUT2D eigenvalue weighted by Gasteiger charge is 2.07. The molecule has 27 heavy (non-hydrogen) atoms. The van der Waals surface area contributed by atoms with Gasteiger partial charge in [0.05, 0.1) is 18.7 Å². The molecule has 0 atom stereocenters. The number of halogens is 1. The van der Waals surface area contributed by atoms with Crippen molar-refractivity contribution in [3.8, 4) is 11.5 Å². The predicted octanol–water partition coefficient (Wildman–Crippen LogP) is 4.35. The molecule has 0 radical (unpaired) electrons. The van der Waals surface area contributed by atoms with Crippen molar-refractivity contribution in [3.63, 3.8) is 0 Å². The summed E-state index contributed by atoms with van der Waals surface area (Å²) in [5.41, 5.74) is 0.896. The lowest BCUT2D eigenvalue weighted by molar-refractivity contribution is 0.311. The molecular weight excluding hydrogens is 475 g/mol. The van der Waals surface area contributed by atoms with Crippen molar-refractivity contribution in [2.45, 2.75) is 33.6 Å². The Morgan fingerprint density at radius 2 is 2.04 bits per heavy atom. The van der Waals surface area contributed by atoms with Gasteiger partial charge < -0.3 is 20.1 Å². The Labute approximate surface area is 182 Å². The SMILES string of the molecule is CCNC(=NCCc1ncc(CC)s1)Nc1ccc(OCC)c(OC)c1.I. The molecule has 1 aromatic carbocycles. The molecular formula is C19H29IN4O2S. The van der Waals surface area contributed by atoms with Gasteiger partial charge in [-0.3, -0.25) is 4.99 Å². The summed E-state index contributed by atoms with van der Waals surface area (Å²) < 4.78 is 11.0. The quantitative estimate of drug-likeness (QED) is 0.302. The molecule has 150 valence electrons. The summed E-state index contributed by atoms with van der Waals surface area (Å²) >= 11 is 1.76. The lowest BCUT2D eigenvalue weighted by Gasteiger charge is -2.14. The van der Waals surface area contributed by atoms with E-state index in [0.29, 0.717) is 18.9 Å². The van der Waals surface area contributed by atoms with Crippen molar-refractivity contribution >= 4 is 47.0 Å². The second-order valence-electron chi connectivity index (χ2n) is 5.51. The maximum Gasteiger partial charge on any atom is 0.195 e. The van der Waals surface area contributed by atoms with Gasteiger partial charge in [0.2, 0.25) is 0 Å². The van der Waals surface area contributed by atoms with Crippen LogP contribution in [0.2, 0.25) is 0 Å². The van der Waals surface area contributed by atoms with Crippen LogP contribution in [0.3, 0.4) is 0 Å². The maximum absolute atomic E-state index is 5.56. The zero-order valence-corrected chi connectivity index (χ0v) is 19.5. The molecule has 1 aromatic heterocycles. The maximum atomic E-state index is 5.56. The zero-order valence-electron chi connectivity index (χ0n) is 16.4. The number of nitrogens with zero attached hydrogens (tertiary/aromatic N) is 2. The smallest absolute Gasteiger partial charge is 0.195 e. The monoisotopic (exact) mass is 504 g/mol. The summed E-state index contributed by atoms with van der Waals surface area (Å²) in [5, 5.41) is 7.70. The number of rotatable bonds is 9. The second kappa shape index (κ2) is 12.8. The molecule has 6 nitrogen and oxygen atoms in total. The number of hydrogen-bond donors (Lipinski definition) is 2. The molecule has 0 aliphatic heterocycles. The number of aryl methyl sites for hydroxylation is 1. The lowest BCUT2D eigenvalue weighted by Crippen LogP contribution is -2.30. The van der Waals surface area contributed by atoms with E-state index in [1.54, 1.807) is 18.4 Å². The fourth-order valence-corrected chi connectivity index (χ4v) is 3.21. The van der Waals surface area contributed by atoms with Crippen LogP contribution in [0.25, 0.3) is 0 Å². The van der Waals surface area contributed by atoms with Crippen LogP contribution in [0, 0.1) is 0 Å². The van der Waals surface area contributed by atoms with E-state index in [4.69, 9.17) is 9.47 Å². The van der Waals surface area contributed by atoms with Gasteiger partial charge >= 0.3 is 0 Å². The van der Waals surface area contributed by atoms with Gasteiger partial charge in [0.25, 0.3) is 0 Å². The van der Waals surface area contributed by atoms with Crippen LogP contribution in [0.5, 0.6) is 11.5 Å². The normalized spacial score (nSPS) is 10.9. The molecule has 0 saturated carbocycles. The molecule has 8 heteroatoms. The third-order valence-electron chi connectivity index (χ3n) is 3.62. The number of aromatic nitrogens is 1. The Kier molecular flexibility index (Phi) is 11.1. The van der Waals surface area contributed by atoms with Gasteiger partial charge in [0, 0.05) is 42.3 Å². The number of thiazole rings is 1. The number of hydrogen-bond acceptors (Lipinski definition) is 5. The van der Waals surface area contributed by atoms with Gasteiger partial charge in [-0.05, 0) is 32.4 Å². The summed E-state index contributed by atoms with van der Waals surface area (Å²) in [7, 11) is 1.64. The summed E-state index contributed by atoms with van der Waals surface area (Å²) in [4.78, 5) is 10.4. The molecule has 2 aromatic rings. The highest BCUT2D eigenvalue weighted by atomic mass is 127. The van der Waals surface area contributed by atoms with E-state index in [1.165, 1.54) is 4.88 Å². The van der Waals surface area contributed by atoms with Gasteiger partial charge in [-0.2, -0.15) is 0 Å². The number of aliphatic imine (C=N–C) groups is 1. The number of ether oxygens (including phenoxy) is 2. The van der Waals surface area contributed by atoms with Gasteiger partial charge in [-0.25, -0.2) is 4.98 Å². The highest BCUT2D eigenvalue weighted by Crippen LogP contribution is 2.30. The van der Waals surface area contributed by atoms with Crippen molar-refractivity contribution in [3.05, 3.63) is 34.3 Å².